The fourth-order valence-electron chi connectivity index (χ4n) is 2.76. The maximum atomic E-state index is 5.98. The van der Waals surface area contributed by atoms with Gasteiger partial charge in [0, 0.05) is 6.07 Å². The summed E-state index contributed by atoms with van der Waals surface area (Å²) in [5.74, 6) is 2.39. The first-order valence-corrected chi connectivity index (χ1v) is 7.37. The van der Waals surface area contributed by atoms with Crippen LogP contribution in [0.5, 0.6) is 5.88 Å². The summed E-state index contributed by atoms with van der Waals surface area (Å²) in [6.45, 7) is 4.57. The van der Waals surface area contributed by atoms with Gasteiger partial charge in [0.15, 0.2) is 0 Å². The maximum absolute atomic E-state index is 5.98. The third kappa shape index (κ3) is 3.52. The molecular formula is C14H19Cl2NO. The lowest BCUT2D eigenvalue weighted by molar-refractivity contribution is 0.0966. The number of halogens is 2. The number of nitrogens with zero attached hydrogens (tertiary/aromatic N) is 1. The van der Waals surface area contributed by atoms with Crippen LogP contribution < -0.4 is 4.74 Å². The van der Waals surface area contributed by atoms with Crippen molar-refractivity contribution in [3.63, 3.8) is 0 Å². The van der Waals surface area contributed by atoms with Gasteiger partial charge in [0.2, 0.25) is 5.88 Å². The van der Waals surface area contributed by atoms with Crippen LogP contribution in [0.1, 0.15) is 38.8 Å². The van der Waals surface area contributed by atoms with Gasteiger partial charge in [0.05, 0.1) is 16.6 Å². The highest BCUT2D eigenvalue weighted by atomic mass is 35.5. The summed E-state index contributed by atoms with van der Waals surface area (Å²) in [6, 6.07) is 3.62. The fraction of sp³-hybridized carbons (Fsp3) is 0.643. The van der Waals surface area contributed by atoms with Crippen LogP contribution >= 0.6 is 23.2 Å². The van der Waals surface area contributed by atoms with Gasteiger partial charge < -0.3 is 4.74 Å². The molecule has 2 rings (SSSR count). The summed E-state index contributed by atoms with van der Waals surface area (Å²) < 4.78 is 5.97. The molecule has 1 heterocycles. The second kappa shape index (κ2) is 6.12. The summed E-state index contributed by atoms with van der Waals surface area (Å²) in [7, 11) is 0. The third-order valence-electron chi connectivity index (χ3n) is 3.44. The van der Waals surface area contributed by atoms with Gasteiger partial charge >= 0.3 is 0 Å². The van der Waals surface area contributed by atoms with E-state index in [0.29, 0.717) is 22.5 Å². The van der Waals surface area contributed by atoms with Crippen molar-refractivity contribution in [1.82, 2.24) is 4.98 Å². The fourth-order valence-corrected chi connectivity index (χ4v) is 3.21. The second-order valence-corrected chi connectivity index (χ2v) is 6.04. The number of alkyl halides is 1. The van der Waals surface area contributed by atoms with Crippen LogP contribution in [0, 0.1) is 11.8 Å². The van der Waals surface area contributed by atoms with E-state index >= 15 is 0 Å². The Labute approximate surface area is 119 Å². The van der Waals surface area contributed by atoms with E-state index in [4.69, 9.17) is 27.9 Å². The van der Waals surface area contributed by atoms with Gasteiger partial charge in [0.1, 0.15) is 6.10 Å². The molecule has 1 aromatic heterocycles. The Hall–Kier alpha value is -0.470. The Morgan fingerprint density at radius 1 is 1.22 bits per heavy atom. The molecule has 18 heavy (non-hydrogen) atoms. The van der Waals surface area contributed by atoms with Crippen molar-refractivity contribution in [2.24, 2.45) is 11.8 Å². The topological polar surface area (TPSA) is 22.1 Å². The number of ether oxygens (including phenoxy) is 1. The maximum Gasteiger partial charge on any atom is 0.213 e. The van der Waals surface area contributed by atoms with Crippen molar-refractivity contribution in [1.29, 1.82) is 0 Å². The summed E-state index contributed by atoms with van der Waals surface area (Å²) in [6.07, 6.45) is 3.76. The van der Waals surface area contributed by atoms with Gasteiger partial charge in [-0.3, -0.25) is 0 Å². The predicted octanol–water partition coefficient (Wildman–Crippen LogP) is 4.68. The van der Waals surface area contributed by atoms with Crippen LogP contribution in [0.3, 0.4) is 0 Å². The first-order chi connectivity index (χ1) is 8.58. The molecule has 1 aliphatic carbocycles. The Morgan fingerprint density at radius 3 is 2.50 bits per heavy atom. The molecule has 0 aromatic carbocycles. The molecule has 0 aliphatic heterocycles. The lowest BCUT2D eigenvalue weighted by Gasteiger charge is -2.31. The zero-order valence-corrected chi connectivity index (χ0v) is 12.3. The Bertz CT molecular complexity index is 401. The highest BCUT2D eigenvalue weighted by Gasteiger charge is 2.25. The summed E-state index contributed by atoms with van der Waals surface area (Å²) >= 11 is 11.8. The van der Waals surface area contributed by atoms with Gasteiger partial charge in [-0.2, -0.15) is 0 Å². The molecule has 0 radical (unpaired) electrons. The van der Waals surface area contributed by atoms with Crippen molar-refractivity contribution in [3.05, 3.63) is 22.8 Å². The zero-order valence-electron chi connectivity index (χ0n) is 10.8. The van der Waals surface area contributed by atoms with Crippen LogP contribution in [0.2, 0.25) is 5.02 Å². The largest absolute Gasteiger partial charge is 0.474 e. The number of aromatic nitrogens is 1. The van der Waals surface area contributed by atoms with Crippen LogP contribution in [-0.2, 0) is 5.88 Å². The number of pyridine rings is 1. The molecule has 4 heteroatoms. The molecule has 2 atom stereocenters. The van der Waals surface area contributed by atoms with E-state index in [1.54, 1.807) is 6.07 Å². The van der Waals surface area contributed by atoms with Crippen LogP contribution in [0.25, 0.3) is 0 Å². The molecule has 0 N–H and O–H groups in total. The van der Waals surface area contributed by atoms with Crippen molar-refractivity contribution in [2.75, 3.05) is 0 Å². The van der Waals surface area contributed by atoms with Gasteiger partial charge in [-0.1, -0.05) is 25.4 Å². The number of hydrogen-bond acceptors (Lipinski definition) is 2. The standard InChI is InChI=1S/C14H19Cl2NO/c1-9-5-10(2)7-11(6-9)18-14-4-3-12(16)13(8-15)17-14/h3-4,9-11H,5-8H2,1-2H3. The first-order valence-electron chi connectivity index (χ1n) is 6.46. The minimum Gasteiger partial charge on any atom is -0.474 e. The van der Waals surface area contributed by atoms with E-state index in [1.807, 2.05) is 6.07 Å². The molecule has 2 unspecified atom stereocenters. The molecule has 1 saturated carbocycles. The van der Waals surface area contributed by atoms with Crippen LogP contribution in [0.4, 0.5) is 0 Å². The number of hydrogen-bond donors (Lipinski definition) is 0. The average Bonchev–Trinajstić information content (AvgIpc) is 2.30. The molecule has 1 aromatic rings. The Kier molecular flexibility index (Phi) is 4.74. The molecule has 1 fully saturated rings. The van der Waals surface area contributed by atoms with Crippen molar-refractivity contribution >= 4 is 23.2 Å². The van der Waals surface area contributed by atoms with E-state index in [1.165, 1.54) is 6.42 Å². The highest BCUT2D eigenvalue weighted by molar-refractivity contribution is 6.32. The highest BCUT2D eigenvalue weighted by Crippen LogP contribution is 2.31. The molecule has 2 nitrogen and oxygen atoms in total. The SMILES string of the molecule is CC1CC(C)CC(Oc2ccc(Cl)c(CCl)n2)C1. The minimum atomic E-state index is 0.264. The Morgan fingerprint density at radius 2 is 1.89 bits per heavy atom. The normalized spacial score (nSPS) is 28.1. The van der Waals surface area contributed by atoms with Crippen molar-refractivity contribution < 1.29 is 4.74 Å². The molecule has 0 bridgehead atoms. The molecular weight excluding hydrogens is 269 g/mol. The summed E-state index contributed by atoms with van der Waals surface area (Å²) in [4.78, 5) is 4.35. The van der Waals surface area contributed by atoms with E-state index in [9.17, 15) is 0 Å². The molecule has 100 valence electrons. The quantitative estimate of drug-likeness (QED) is 0.753. The second-order valence-electron chi connectivity index (χ2n) is 5.37. The lowest BCUT2D eigenvalue weighted by atomic mass is 9.82. The Balaban J connectivity index is 2.04. The predicted molar refractivity (Wildman–Crippen MR) is 75.4 cm³/mol. The molecule has 0 saturated heterocycles. The first kappa shape index (κ1) is 14.0. The van der Waals surface area contributed by atoms with Gasteiger partial charge in [-0.05, 0) is 37.2 Å². The van der Waals surface area contributed by atoms with Gasteiger partial charge in [0.25, 0.3) is 0 Å². The summed E-state index contributed by atoms with van der Waals surface area (Å²) in [5.41, 5.74) is 0.688. The monoisotopic (exact) mass is 287 g/mol. The molecule has 0 amide bonds. The van der Waals surface area contributed by atoms with Crippen LogP contribution in [-0.4, -0.2) is 11.1 Å². The van der Waals surface area contributed by atoms with Crippen molar-refractivity contribution in [2.45, 2.75) is 45.1 Å². The van der Waals surface area contributed by atoms with Gasteiger partial charge in [-0.25, -0.2) is 4.98 Å². The van der Waals surface area contributed by atoms with E-state index < -0.39 is 0 Å². The summed E-state index contributed by atoms with van der Waals surface area (Å²) in [5, 5.41) is 0.600. The number of rotatable bonds is 3. The average molecular weight is 288 g/mol. The van der Waals surface area contributed by atoms with Gasteiger partial charge in [-0.15, -0.1) is 11.6 Å². The smallest absolute Gasteiger partial charge is 0.213 e. The third-order valence-corrected chi connectivity index (χ3v) is 4.04. The minimum absolute atomic E-state index is 0.264. The lowest BCUT2D eigenvalue weighted by Crippen LogP contribution is -2.28. The molecule has 1 aliphatic rings. The van der Waals surface area contributed by atoms with Crippen LogP contribution in [0.15, 0.2) is 12.1 Å². The zero-order chi connectivity index (χ0) is 13.1. The van der Waals surface area contributed by atoms with E-state index in [0.717, 1.165) is 24.7 Å². The molecule has 0 spiro atoms. The van der Waals surface area contributed by atoms with E-state index in [2.05, 4.69) is 18.8 Å². The van der Waals surface area contributed by atoms with Crippen molar-refractivity contribution in [3.8, 4) is 5.88 Å². The van der Waals surface area contributed by atoms with E-state index in [-0.39, 0.29) is 6.10 Å².